The average molecular weight is 530 g/mol. The van der Waals surface area contributed by atoms with Gasteiger partial charge < -0.3 is 5.73 Å². The van der Waals surface area contributed by atoms with Gasteiger partial charge in [0.05, 0.1) is 28.5 Å². The quantitative estimate of drug-likeness (QED) is 0.288. The van der Waals surface area contributed by atoms with Crippen LogP contribution in [0.15, 0.2) is 41.7 Å². The zero-order chi connectivity index (χ0) is 27.3. The van der Waals surface area contributed by atoms with E-state index in [9.17, 15) is 9.18 Å². The second-order valence-electron chi connectivity index (χ2n) is 10.3. The van der Waals surface area contributed by atoms with Crippen molar-refractivity contribution in [1.82, 2.24) is 39.1 Å². The van der Waals surface area contributed by atoms with Crippen molar-refractivity contribution in [2.45, 2.75) is 71.5 Å². The molecule has 1 saturated carbocycles. The monoisotopic (exact) mass is 529 g/mol. The maximum Gasteiger partial charge on any atom is 0.261 e. The van der Waals surface area contributed by atoms with Crippen LogP contribution in [0.3, 0.4) is 0 Å². The molecule has 1 aromatic carbocycles. The summed E-state index contributed by atoms with van der Waals surface area (Å²) >= 11 is 0. The van der Waals surface area contributed by atoms with Crippen molar-refractivity contribution in [3.63, 3.8) is 0 Å². The lowest BCUT2D eigenvalue weighted by Gasteiger charge is -2.21. The van der Waals surface area contributed by atoms with E-state index in [1.54, 1.807) is 21.5 Å². The number of anilines is 1. The first-order chi connectivity index (χ1) is 18.9. The summed E-state index contributed by atoms with van der Waals surface area (Å²) in [5, 5.41) is 10.5. The van der Waals surface area contributed by atoms with E-state index in [4.69, 9.17) is 15.8 Å². The third-order valence-electron chi connectivity index (χ3n) is 7.77. The summed E-state index contributed by atoms with van der Waals surface area (Å²) in [5.74, 6) is 0.853. The normalized spacial score (nSPS) is 14.6. The van der Waals surface area contributed by atoms with Gasteiger partial charge in [0.15, 0.2) is 5.65 Å². The van der Waals surface area contributed by atoms with Gasteiger partial charge in [-0.3, -0.25) is 14.0 Å². The fourth-order valence-electron chi connectivity index (χ4n) is 5.40. The number of fused-ring (bicyclic) bond motifs is 2. The third-order valence-corrected chi connectivity index (χ3v) is 7.77. The molecule has 5 aromatic rings. The second kappa shape index (κ2) is 9.87. The van der Waals surface area contributed by atoms with E-state index in [1.807, 2.05) is 17.8 Å². The van der Waals surface area contributed by atoms with Crippen molar-refractivity contribution in [1.29, 1.82) is 0 Å². The molecular formula is C28H32FN9O. The van der Waals surface area contributed by atoms with Gasteiger partial charge in [0.2, 0.25) is 0 Å². The van der Waals surface area contributed by atoms with Crippen molar-refractivity contribution < 1.29 is 4.39 Å². The lowest BCUT2D eigenvalue weighted by Crippen LogP contribution is -2.30. The molecule has 1 atom stereocenters. The van der Waals surface area contributed by atoms with Gasteiger partial charge in [-0.25, -0.2) is 24.0 Å². The van der Waals surface area contributed by atoms with Crippen LogP contribution >= 0.6 is 0 Å². The number of benzene rings is 1. The second-order valence-corrected chi connectivity index (χ2v) is 10.3. The van der Waals surface area contributed by atoms with Crippen molar-refractivity contribution in [3.8, 4) is 11.3 Å². The SMILES string of the molecule is CCC(CC)n1cc(-c2nn([C@@H](CC)c3nc4ccc(F)cc4c(=O)n3CC3CC3)c3ncnc(N)c23)cn1. The maximum atomic E-state index is 14.1. The number of halogens is 1. The Balaban J connectivity index is 1.56. The molecule has 0 aliphatic heterocycles. The molecule has 4 heterocycles. The molecule has 10 nitrogen and oxygen atoms in total. The summed E-state index contributed by atoms with van der Waals surface area (Å²) in [5.41, 5.74) is 8.62. The minimum absolute atomic E-state index is 0.239. The predicted molar refractivity (Wildman–Crippen MR) is 148 cm³/mol. The predicted octanol–water partition coefficient (Wildman–Crippen LogP) is 4.89. The molecule has 2 N–H and O–H groups in total. The standard InChI is InChI=1S/C28H32FN9O/c1-4-19(5-2)37-14-17(12-33-37)24-23-25(30)31-15-32-27(23)38(35-24)22(6-3)26-34-21-10-9-18(29)11-20(21)28(39)36(26)13-16-7-8-16/h9-12,14-16,19,22H,4-8,13H2,1-3H3,(H2,30,31,32)/t22-/m0/s1. The molecule has 0 bridgehead atoms. The first-order valence-electron chi connectivity index (χ1n) is 13.7. The van der Waals surface area contributed by atoms with Gasteiger partial charge in [-0.05, 0) is 56.2 Å². The van der Waals surface area contributed by atoms with E-state index >= 15 is 0 Å². The van der Waals surface area contributed by atoms with Gasteiger partial charge >= 0.3 is 0 Å². The van der Waals surface area contributed by atoms with Crippen LogP contribution in [0, 0.1) is 11.7 Å². The Morgan fingerprint density at radius 3 is 2.64 bits per heavy atom. The van der Waals surface area contributed by atoms with Gasteiger partial charge in [0.1, 0.15) is 35.5 Å². The minimum Gasteiger partial charge on any atom is -0.383 e. The van der Waals surface area contributed by atoms with Crippen molar-refractivity contribution >= 4 is 27.8 Å². The van der Waals surface area contributed by atoms with Crippen LogP contribution in [0.4, 0.5) is 10.2 Å². The van der Waals surface area contributed by atoms with Crippen molar-refractivity contribution in [2.24, 2.45) is 5.92 Å². The van der Waals surface area contributed by atoms with E-state index in [2.05, 4.69) is 28.9 Å². The molecule has 1 fully saturated rings. The number of nitrogens with two attached hydrogens (primary N) is 1. The number of hydrogen-bond acceptors (Lipinski definition) is 7. The lowest BCUT2D eigenvalue weighted by atomic mass is 10.1. The van der Waals surface area contributed by atoms with Crippen LogP contribution in [-0.4, -0.2) is 39.1 Å². The number of nitrogen functional groups attached to an aromatic ring is 1. The van der Waals surface area contributed by atoms with E-state index in [-0.39, 0.29) is 17.0 Å². The first-order valence-corrected chi connectivity index (χ1v) is 13.7. The number of rotatable bonds is 9. The Labute approximate surface area is 224 Å². The van der Waals surface area contributed by atoms with E-state index in [0.717, 1.165) is 31.2 Å². The molecule has 1 aliphatic carbocycles. The van der Waals surface area contributed by atoms with Crippen LogP contribution in [-0.2, 0) is 6.54 Å². The fourth-order valence-corrected chi connectivity index (χ4v) is 5.40. The van der Waals surface area contributed by atoms with Crippen molar-refractivity contribution in [2.75, 3.05) is 5.73 Å². The fraction of sp³-hybridized carbons (Fsp3) is 0.429. The molecule has 39 heavy (non-hydrogen) atoms. The largest absolute Gasteiger partial charge is 0.383 e. The highest BCUT2D eigenvalue weighted by Gasteiger charge is 2.30. The lowest BCUT2D eigenvalue weighted by molar-refractivity contribution is 0.428. The van der Waals surface area contributed by atoms with E-state index in [0.29, 0.717) is 52.8 Å². The van der Waals surface area contributed by atoms with Crippen molar-refractivity contribution in [3.05, 3.63) is 58.9 Å². The Hall–Kier alpha value is -4.15. The smallest absolute Gasteiger partial charge is 0.261 e. The molecule has 4 aromatic heterocycles. The third kappa shape index (κ3) is 4.35. The van der Waals surface area contributed by atoms with E-state index in [1.165, 1.54) is 18.5 Å². The summed E-state index contributed by atoms with van der Waals surface area (Å²) in [6.45, 7) is 6.85. The summed E-state index contributed by atoms with van der Waals surface area (Å²) in [6, 6.07) is 4.03. The van der Waals surface area contributed by atoms with Gasteiger partial charge in [-0.1, -0.05) is 20.8 Å². The molecule has 11 heteroatoms. The highest BCUT2D eigenvalue weighted by Crippen LogP contribution is 2.36. The molecule has 6 rings (SSSR count). The molecular weight excluding hydrogens is 497 g/mol. The summed E-state index contributed by atoms with van der Waals surface area (Å²) in [4.78, 5) is 27.4. The molecule has 0 unspecified atom stereocenters. The summed E-state index contributed by atoms with van der Waals surface area (Å²) in [6.07, 6.45) is 9.85. The highest BCUT2D eigenvalue weighted by atomic mass is 19.1. The Kier molecular flexibility index (Phi) is 6.36. The molecule has 0 amide bonds. The Morgan fingerprint density at radius 2 is 1.92 bits per heavy atom. The molecule has 0 radical (unpaired) electrons. The van der Waals surface area contributed by atoms with Gasteiger partial charge in [-0.15, -0.1) is 0 Å². The van der Waals surface area contributed by atoms with Crippen LogP contribution in [0.1, 0.15) is 70.8 Å². The van der Waals surface area contributed by atoms with E-state index < -0.39 is 11.9 Å². The van der Waals surface area contributed by atoms with Gasteiger partial charge in [0.25, 0.3) is 5.56 Å². The Morgan fingerprint density at radius 1 is 1.13 bits per heavy atom. The van der Waals surface area contributed by atoms with Crippen LogP contribution in [0.5, 0.6) is 0 Å². The number of aromatic nitrogens is 8. The average Bonchev–Trinajstić information content (AvgIpc) is 3.48. The summed E-state index contributed by atoms with van der Waals surface area (Å²) < 4.78 is 19.5. The number of hydrogen-bond donors (Lipinski definition) is 1. The van der Waals surface area contributed by atoms with Crippen LogP contribution < -0.4 is 11.3 Å². The molecule has 0 spiro atoms. The molecule has 202 valence electrons. The highest BCUT2D eigenvalue weighted by molar-refractivity contribution is 5.98. The molecule has 1 aliphatic rings. The minimum atomic E-state index is -0.456. The maximum absolute atomic E-state index is 14.1. The zero-order valence-electron chi connectivity index (χ0n) is 22.4. The topological polar surface area (TPSA) is 122 Å². The van der Waals surface area contributed by atoms with Crippen LogP contribution in [0.2, 0.25) is 0 Å². The molecule has 0 saturated heterocycles. The van der Waals surface area contributed by atoms with Gasteiger partial charge in [0, 0.05) is 18.3 Å². The van der Waals surface area contributed by atoms with Crippen LogP contribution in [0.25, 0.3) is 33.2 Å². The van der Waals surface area contributed by atoms with Gasteiger partial charge in [-0.2, -0.15) is 10.2 Å². The number of nitrogens with zero attached hydrogens (tertiary/aromatic N) is 8. The Bertz CT molecular complexity index is 1730. The zero-order valence-corrected chi connectivity index (χ0v) is 22.4. The summed E-state index contributed by atoms with van der Waals surface area (Å²) in [7, 11) is 0. The first kappa shape index (κ1) is 25.1.